The molecule has 1 aliphatic carbocycles. The monoisotopic (exact) mass is 322 g/mol. The van der Waals surface area contributed by atoms with Crippen LogP contribution in [0.1, 0.15) is 44.6 Å². The van der Waals surface area contributed by atoms with Crippen LogP contribution in [0.3, 0.4) is 0 Å². The Morgan fingerprint density at radius 1 is 1.18 bits per heavy atom. The first-order valence-corrected chi connectivity index (χ1v) is 9.99. The minimum atomic E-state index is -3.26. The fraction of sp³-hybridized carbons (Fsp3) is 0.647. The molecule has 0 saturated heterocycles. The van der Waals surface area contributed by atoms with Gasteiger partial charge in [0.15, 0.2) is 0 Å². The number of para-hydroxylation sites is 1. The van der Waals surface area contributed by atoms with Crippen LogP contribution in [-0.4, -0.2) is 26.8 Å². The van der Waals surface area contributed by atoms with E-state index in [2.05, 4.69) is 12.2 Å². The lowest BCUT2D eigenvalue weighted by Crippen LogP contribution is -2.42. The number of nitrogens with zero attached hydrogens (tertiary/aromatic N) is 1. The summed E-state index contributed by atoms with van der Waals surface area (Å²) in [5, 5.41) is 3.40. The van der Waals surface area contributed by atoms with Gasteiger partial charge in [0.25, 0.3) is 0 Å². The van der Waals surface area contributed by atoms with Gasteiger partial charge in [0.05, 0.1) is 11.4 Å². The molecule has 1 unspecified atom stereocenters. The SMILES string of the molecule is CC1CN(S(=O)(=O)CC2CCCCC2)c2ccccc2CN1. The van der Waals surface area contributed by atoms with Crippen molar-refractivity contribution in [2.75, 3.05) is 16.6 Å². The van der Waals surface area contributed by atoms with Crippen molar-refractivity contribution >= 4 is 15.7 Å². The van der Waals surface area contributed by atoms with E-state index >= 15 is 0 Å². The molecule has 3 rings (SSSR count). The normalized spacial score (nSPS) is 23.9. The first-order valence-electron chi connectivity index (χ1n) is 8.38. The standard InChI is InChI=1S/C17H26N2O2S/c1-14-12-19(17-10-6-5-9-16(17)11-18-14)22(20,21)13-15-7-3-2-4-8-15/h5-6,9-10,14-15,18H,2-4,7-8,11-13H2,1H3. The summed E-state index contributed by atoms with van der Waals surface area (Å²) < 4.78 is 27.7. The number of anilines is 1. The number of rotatable bonds is 3. The second-order valence-electron chi connectivity index (χ2n) is 6.72. The second-order valence-corrected chi connectivity index (χ2v) is 8.66. The predicted molar refractivity (Wildman–Crippen MR) is 90.5 cm³/mol. The maximum absolute atomic E-state index is 13.0. The van der Waals surface area contributed by atoms with Crippen LogP contribution < -0.4 is 9.62 Å². The molecule has 0 aromatic heterocycles. The molecule has 1 aromatic carbocycles. The molecule has 5 heteroatoms. The van der Waals surface area contributed by atoms with Crippen LogP contribution in [0, 0.1) is 5.92 Å². The summed E-state index contributed by atoms with van der Waals surface area (Å²) in [6.07, 6.45) is 5.72. The molecule has 4 nitrogen and oxygen atoms in total. The Morgan fingerprint density at radius 2 is 1.91 bits per heavy atom. The molecule has 122 valence electrons. The van der Waals surface area contributed by atoms with E-state index in [-0.39, 0.29) is 6.04 Å². The number of fused-ring (bicyclic) bond motifs is 1. The van der Waals surface area contributed by atoms with Gasteiger partial charge in [-0.05, 0) is 37.3 Å². The first kappa shape index (κ1) is 15.8. The summed E-state index contributed by atoms with van der Waals surface area (Å²) in [5.74, 6) is 0.631. The largest absolute Gasteiger partial charge is 0.308 e. The van der Waals surface area contributed by atoms with Crippen molar-refractivity contribution in [3.8, 4) is 0 Å². The summed E-state index contributed by atoms with van der Waals surface area (Å²) in [6, 6.07) is 8.02. The van der Waals surface area contributed by atoms with Crippen LogP contribution in [0.5, 0.6) is 0 Å². The average Bonchev–Trinajstić information content (AvgIpc) is 2.68. The summed E-state index contributed by atoms with van der Waals surface area (Å²) in [6.45, 7) is 3.30. The number of hydrogen-bond donors (Lipinski definition) is 1. The Bertz CT molecular complexity index is 609. The molecule has 1 saturated carbocycles. The third-order valence-electron chi connectivity index (χ3n) is 4.85. The topological polar surface area (TPSA) is 49.4 Å². The lowest BCUT2D eigenvalue weighted by molar-refractivity contribution is 0.384. The van der Waals surface area contributed by atoms with E-state index in [0.717, 1.165) is 30.6 Å². The fourth-order valence-electron chi connectivity index (χ4n) is 3.60. The highest BCUT2D eigenvalue weighted by atomic mass is 32.2. The minimum Gasteiger partial charge on any atom is -0.308 e. The van der Waals surface area contributed by atoms with Crippen LogP contribution in [0.25, 0.3) is 0 Å². The molecule has 1 atom stereocenters. The third-order valence-corrected chi connectivity index (χ3v) is 6.76. The van der Waals surface area contributed by atoms with Gasteiger partial charge in [-0.15, -0.1) is 0 Å². The van der Waals surface area contributed by atoms with Crippen molar-refractivity contribution in [1.29, 1.82) is 0 Å². The van der Waals surface area contributed by atoms with E-state index in [1.165, 1.54) is 19.3 Å². The zero-order chi connectivity index (χ0) is 15.6. The van der Waals surface area contributed by atoms with Gasteiger partial charge < -0.3 is 5.32 Å². The highest BCUT2D eigenvalue weighted by Gasteiger charge is 2.31. The van der Waals surface area contributed by atoms with E-state index in [1.807, 2.05) is 24.3 Å². The lowest BCUT2D eigenvalue weighted by Gasteiger charge is -2.29. The van der Waals surface area contributed by atoms with Crippen molar-refractivity contribution in [1.82, 2.24) is 5.32 Å². The molecular weight excluding hydrogens is 296 g/mol. The molecule has 0 bridgehead atoms. The summed E-state index contributed by atoms with van der Waals surface area (Å²) in [7, 11) is -3.26. The fourth-order valence-corrected chi connectivity index (χ4v) is 5.64. The molecule has 22 heavy (non-hydrogen) atoms. The van der Waals surface area contributed by atoms with Crippen LogP contribution in [0.15, 0.2) is 24.3 Å². The molecule has 1 aliphatic heterocycles. The van der Waals surface area contributed by atoms with Crippen molar-refractivity contribution in [3.05, 3.63) is 29.8 Å². The maximum atomic E-state index is 13.0. The van der Waals surface area contributed by atoms with Crippen molar-refractivity contribution in [2.24, 2.45) is 5.92 Å². The Kier molecular flexibility index (Phi) is 4.73. The molecular formula is C17H26N2O2S. The van der Waals surface area contributed by atoms with Gasteiger partial charge in [-0.25, -0.2) is 8.42 Å². The van der Waals surface area contributed by atoms with Gasteiger partial charge in [0.2, 0.25) is 10.0 Å². The third kappa shape index (κ3) is 3.46. The molecule has 2 aliphatic rings. The molecule has 0 radical (unpaired) electrons. The van der Waals surface area contributed by atoms with Gasteiger partial charge in [0, 0.05) is 19.1 Å². The lowest BCUT2D eigenvalue weighted by atomic mass is 9.91. The highest BCUT2D eigenvalue weighted by molar-refractivity contribution is 7.92. The van der Waals surface area contributed by atoms with Crippen LogP contribution in [0.4, 0.5) is 5.69 Å². The summed E-state index contributed by atoms with van der Waals surface area (Å²) in [5.41, 5.74) is 1.93. The van der Waals surface area contributed by atoms with Crippen LogP contribution >= 0.6 is 0 Å². The number of hydrogen-bond acceptors (Lipinski definition) is 3. The van der Waals surface area contributed by atoms with Crippen molar-refractivity contribution in [3.63, 3.8) is 0 Å². The number of sulfonamides is 1. The molecule has 1 N–H and O–H groups in total. The average molecular weight is 322 g/mol. The Hall–Kier alpha value is -1.07. The number of benzene rings is 1. The zero-order valence-electron chi connectivity index (χ0n) is 13.3. The summed E-state index contributed by atoms with van der Waals surface area (Å²) >= 11 is 0. The van der Waals surface area contributed by atoms with E-state index in [0.29, 0.717) is 18.2 Å². The molecule has 1 aromatic rings. The van der Waals surface area contributed by atoms with Crippen molar-refractivity contribution < 1.29 is 8.42 Å². The molecule has 1 heterocycles. The molecule has 1 fully saturated rings. The summed E-state index contributed by atoms with van der Waals surface area (Å²) in [4.78, 5) is 0. The number of nitrogens with one attached hydrogen (secondary N) is 1. The van der Waals surface area contributed by atoms with E-state index in [1.54, 1.807) is 4.31 Å². The van der Waals surface area contributed by atoms with Crippen molar-refractivity contribution in [2.45, 2.75) is 51.6 Å². The first-order chi connectivity index (χ1) is 10.6. The van der Waals surface area contributed by atoms with E-state index in [4.69, 9.17) is 0 Å². The van der Waals surface area contributed by atoms with Gasteiger partial charge in [-0.1, -0.05) is 37.5 Å². The Balaban J connectivity index is 1.87. The quantitative estimate of drug-likeness (QED) is 0.931. The van der Waals surface area contributed by atoms with Gasteiger partial charge >= 0.3 is 0 Å². The smallest absolute Gasteiger partial charge is 0.235 e. The van der Waals surface area contributed by atoms with Crippen LogP contribution in [-0.2, 0) is 16.6 Å². The van der Waals surface area contributed by atoms with E-state index < -0.39 is 10.0 Å². The minimum absolute atomic E-state index is 0.161. The second kappa shape index (κ2) is 6.59. The predicted octanol–water partition coefficient (Wildman–Crippen LogP) is 2.89. The van der Waals surface area contributed by atoms with Gasteiger partial charge in [-0.3, -0.25) is 4.31 Å². The molecule has 0 amide bonds. The maximum Gasteiger partial charge on any atom is 0.235 e. The Morgan fingerprint density at radius 3 is 2.68 bits per heavy atom. The van der Waals surface area contributed by atoms with E-state index in [9.17, 15) is 8.42 Å². The molecule has 0 spiro atoms. The van der Waals surface area contributed by atoms with Gasteiger partial charge in [-0.2, -0.15) is 0 Å². The zero-order valence-corrected chi connectivity index (χ0v) is 14.1. The Labute approximate surface area is 134 Å². The highest BCUT2D eigenvalue weighted by Crippen LogP contribution is 2.30. The van der Waals surface area contributed by atoms with Crippen LogP contribution in [0.2, 0.25) is 0 Å². The van der Waals surface area contributed by atoms with Gasteiger partial charge in [0.1, 0.15) is 0 Å².